The standard InChI is InChI=1S/C14H18BrN3O/c1-3-16-10(2)8-14-17-13(18-19-14)9-11-4-6-12(15)7-5-11/h4-7,10,16H,3,8-9H2,1-2H3. The van der Waals surface area contributed by atoms with Crippen LogP contribution in [0.4, 0.5) is 0 Å². The number of likely N-dealkylation sites (N-methyl/N-ethyl adjacent to an activating group) is 1. The Bertz CT molecular complexity index is 510. The summed E-state index contributed by atoms with van der Waals surface area (Å²) in [4.78, 5) is 4.42. The summed E-state index contributed by atoms with van der Waals surface area (Å²) in [6.45, 7) is 5.15. The topological polar surface area (TPSA) is 51.0 Å². The second-order valence-corrected chi connectivity index (χ2v) is 5.49. The van der Waals surface area contributed by atoms with E-state index in [4.69, 9.17) is 4.52 Å². The number of aromatic nitrogens is 2. The van der Waals surface area contributed by atoms with Gasteiger partial charge < -0.3 is 9.84 Å². The van der Waals surface area contributed by atoms with Crippen LogP contribution in [0.5, 0.6) is 0 Å². The van der Waals surface area contributed by atoms with Crippen molar-refractivity contribution in [1.82, 2.24) is 15.5 Å². The van der Waals surface area contributed by atoms with E-state index in [0.29, 0.717) is 18.4 Å². The molecule has 1 N–H and O–H groups in total. The number of hydrogen-bond donors (Lipinski definition) is 1. The Morgan fingerprint density at radius 1 is 1.32 bits per heavy atom. The number of halogens is 1. The van der Waals surface area contributed by atoms with E-state index < -0.39 is 0 Å². The molecule has 4 nitrogen and oxygen atoms in total. The molecule has 0 amide bonds. The fraction of sp³-hybridized carbons (Fsp3) is 0.429. The Morgan fingerprint density at radius 3 is 2.74 bits per heavy atom. The van der Waals surface area contributed by atoms with Crippen LogP contribution >= 0.6 is 15.9 Å². The van der Waals surface area contributed by atoms with Gasteiger partial charge in [0.25, 0.3) is 0 Å². The lowest BCUT2D eigenvalue weighted by molar-refractivity contribution is 0.359. The second kappa shape index (κ2) is 6.82. The normalized spacial score (nSPS) is 12.6. The third-order valence-electron chi connectivity index (χ3n) is 2.82. The average Bonchev–Trinajstić information content (AvgIpc) is 2.80. The van der Waals surface area contributed by atoms with Gasteiger partial charge in [0.15, 0.2) is 5.82 Å². The highest BCUT2D eigenvalue weighted by atomic mass is 79.9. The summed E-state index contributed by atoms with van der Waals surface area (Å²) < 4.78 is 6.34. The molecule has 102 valence electrons. The SMILES string of the molecule is CCNC(C)Cc1nc(Cc2ccc(Br)cc2)no1. The first-order valence-corrected chi connectivity index (χ1v) is 7.26. The van der Waals surface area contributed by atoms with Gasteiger partial charge in [0, 0.05) is 23.4 Å². The fourth-order valence-corrected chi connectivity index (χ4v) is 2.18. The van der Waals surface area contributed by atoms with Gasteiger partial charge in [0.2, 0.25) is 5.89 Å². The van der Waals surface area contributed by atoms with Crippen LogP contribution in [0.15, 0.2) is 33.3 Å². The monoisotopic (exact) mass is 323 g/mol. The summed E-state index contributed by atoms with van der Waals surface area (Å²) in [6.07, 6.45) is 1.47. The summed E-state index contributed by atoms with van der Waals surface area (Å²) in [6, 6.07) is 8.50. The number of nitrogens with zero attached hydrogens (tertiary/aromatic N) is 2. The van der Waals surface area contributed by atoms with Gasteiger partial charge in [-0.3, -0.25) is 0 Å². The molecule has 5 heteroatoms. The van der Waals surface area contributed by atoms with Gasteiger partial charge in [0.05, 0.1) is 0 Å². The zero-order chi connectivity index (χ0) is 13.7. The lowest BCUT2D eigenvalue weighted by Crippen LogP contribution is -2.27. The molecule has 1 aromatic heterocycles. The van der Waals surface area contributed by atoms with Crippen LogP contribution in [0.25, 0.3) is 0 Å². The van der Waals surface area contributed by atoms with Crippen LogP contribution in [0.2, 0.25) is 0 Å². The molecule has 0 aliphatic heterocycles. The van der Waals surface area contributed by atoms with Crippen LogP contribution < -0.4 is 5.32 Å². The highest BCUT2D eigenvalue weighted by molar-refractivity contribution is 9.10. The molecular weight excluding hydrogens is 306 g/mol. The van der Waals surface area contributed by atoms with Crippen molar-refractivity contribution in [3.05, 3.63) is 46.0 Å². The van der Waals surface area contributed by atoms with E-state index in [1.54, 1.807) is 0 Å². The fourth-order valence-electron chi connectivity index (χ4n) is 1.91. The highest BCUT2D eigenvalue weighted by Gasteiger charge is 2.10. The third-order valence-corrected chi connectivity index (χ3v) is 3.35. The maximum atomic E-state index is 5.27. The van der Waals surface area contributed by atoms with Gasteiger partial charge in [-0.1, -0.05) is 40.1 Å². The highest BCUT2D eigenvalue weighted by Crippen LogP contribution is 2.13. The van der Waals surface area contributed by atoms with Crippen molar-refractivity contribution in [1.29, 1.82) is 0 Å². The molecule has 19 heavy (non-hydrogen) atoms. The third kappa shape index (κ3) is 4.44. The summed E-state index contributed by atoms with van der Waals surface area (Å²) in [5.74, 6) is 1.43. The molecular formula is C14H18BrN3O. The first-order valence-electron chi connectivity index (χ1n) is 6.46. The maximum Gasteiger partial charge on any atom is 0.228 e. The molecule has 0 saturated carbocycles. The molecule has 1 aromatic carbocycles. The van der Waals surface area contributed by atoms with Gasteiger partial charge in [-0.05, 0) is 31.2 Å². The van der Waals surface area contributed by atoms with Crippen molar-refractivity contribution < 1.29 is 4.52 Å². The van der Waals surface area contributed by atoms with Crippen LogP contribution in [-0.2, 0) is 12.8 Å². The molecule has 0 radical (unpaired) electrons. The largest absolute Gasteiger partial charge is 0.339 e. The van der Waals surface area contributed by atoms with Crippen molar-refractivity contribution in [2.24, 2.45) is 0 Å². The Kier molecular flexibility index (Phi) is 5.10. The number of benzene rings is 1. The Hall–Kier alpha value is -1.20. The van der Waals surface area contributed by atoms with Crippen molar-refractivity contribution in [2.75, 3.05) is 6.54 Å². The number of hydrogen-bond acceptors (Lipinski definition) is 4. The van der Waals surface area contributed by atoms with E-state index in [2.05, 4.69) is 57.4 Å². The van der Waals surface area contributed by atoms with Gasteiger partial charge >= 0.3 is 0 Å². The maximum absolute atomic E-state index is 5.27. The van der Waals surface area contributed by atoms with Crippen molar-refractivity contribution in [2.45, 2.75) is 32.7 Å². The Balaban J connectivity index is 1.95. The molecule has 1 heterocycles. The zero-order valence-electron chi connectivity index (χ0n) is 11.2. The minimum atomic E-state index is 0.353. The molecule has 1 atom stereocenters. The molecule has 0 bridgehead atoms. The van der Waals surface area contributed by atoms with E-state index in [1.807, 2.05) is 12.1 Å². The summed E-state index contributed by atoms with van der Waals surface area (Å²) in [5, 5.41) is 7.35. The van der Waals surface area contributed by atoms with Gasteiger partial charge in [-0.15, -0.1) is 0 Å². The first-order chi connectivity index (χ1) is 9.17. The van der Waals surface area contributed by atoms with Crippen molar-refractivity contribution in [3.8, 4) is 0 Å². The molecule has 2 aromatic rings. The van der Waals surface area contributed by atoms with Gasteiger partial charge in [-0.2, -0.15) is 4.98 Å². The lowest BCUT2D eigenvalue weighted by atomic mass is 10.1. The Labute approximate surface area is 121 Å². The molecule has 1 unspecified atom stereocenters. The van der Waals surface area contributed by atoms with Gasteiger partial charge in [0.1, 0.15) is 0 Å². The molecule has 2 rings (SSSR count). The summed E-state index contributed by atoms with van der Waals surface area (Å²) in [5.41, 5.74) is 1.18. The lowest BCUT2D eigenvalue weighted by Gasteiger charge is -2.07. The predicted octanol–water partition coefficient (Wildman–Crippen LogP) is 2.96. The zero-order valence-corrected chi connectivity index (χ0v) is 12.8. The van der Waals surface area contributed by atoms with Gasteiger partial charge in [-0.25, -0.2) is 0 Å². The van der Waals surface area contributed by atoms with E-state index in [-0.39, 0.29) is 0 Å². The minimum Gasteiger partial charge on any atom is -0.339 e. The van der Waals surface area contributed by atoms with Crippen molar-refractivity contribution in [3.63, 3.8) is 0 Å². The predicted molar refractivity (Wildman–Crippen MR) is 78.1 cm³/mol. The van der Waals surface area contributed by atoms with Crippen LogP contribution in [0.3, 0.4) is 0 Å². The van der Waals surface area contributed by atoms with E-state index >= 15 is 0 Å². The van der Waals surface area contributed by atoms with E-state index in [9.17, 15) is 0 Å². The molecule has 0 spiro atoms. The smallest absolute Gasteiger partial charge is 0.228 e. The molecule has 0 aliphatic carbocycles. The number of rotatable bonds is 6. The van der Waals surface area contributed by atoms with E-state index in [0.717, 1.165) is 23.3 Å². The van der Waals surface area contributed by atoms with Crippen LogP contribution in [-0.4, -0.2) is 22.7 Å². The minimum absolute atomic E-state index is 0.353. The quantitative estimate of drug-likeness (QED) is 0.888. The Morgan fingerprint density at radius 2 is 2.05 bits per heavy atom. The summed E-state index contributed by atoms with van der Waals surface area (Å²) >= 11 is 3.42. The summed E-state index contributed by atoms with van der Waals surface area (Å²) in [7, 11) is 0. The van der Waals surface area contributed by atoms with Crippen LogP contribution in [0, 0.1) is 0 Å². The van der Waals surface area contributed by atoms with Crippen LogP contribution in [0.1, 0.15) is 31.1 Å². The molecule has 0 saturated heterocycles. The van der Waals surface area contributed by atoms with E-state index in [1.165, 1.54) is 5.56 Å². The first kappa shape index (κ1) is 14.2. The number of nitrogens with one attached hydrogen (secondary N) is 1. The molecule has 0 fully saturated rings. The van der Waals surface area contributed by atoms with Crippen molar-refractivity contribution >= 4 is 15.9 Å². The second-order valence-electron chi connectivity index (χ2n) is 4.57. The molecule has 0 aliphatic rings. The average molecular weight is 324 g/mol.